The highest BCUT2D eigenvalue weighted by atomic mass is 32.2. The van der Waals surface area contributed by atoms with E-state index in [-0.39, 0.29) is 11.8 Å². The molecule has 0 spiro atoms. The van der Waals surface area contributed by atoms with Crippen molar-refractivity contribution < 1.29 is 8.42 Å². The molecule has 1 aromatic carbocycles. The second kappa shape index (κ2) is 7.06. The van der Waals surface area contributed by atoms with Crippen LogP contribution in [0, 0.1) is 5.92 Å². The van der Waals surface area contributed by atoms with E-state index in [1.54, 1.807) is 0 Å². The van der Waals surface area contributed by atoms with Crippen LogP contribution in [0.5, 0.6) is 0 Å². The van der Waals surface area contributed by atoms with Gasteiger partial charge in [-0.05, 0) is 30.4 Å². The Labute approximate surface area is 117 Å². The van der Waals surface area contributed by atoms with Gasteiger partial charge < -0.3 is 5.32 Å². The van der Waals surface area contributed by atoms with Crippen LogP contribution in [-0.2, 0) is 16.3 Å². The van der Waals surface area contributed by atoms with Gasteiger partial charge in [0.05, 0.1) is 5.75 Å². The van der Waals surface area contributed by atoms with E-state index >= 15 is 0 Å². The zero-order valence-corrected chi connectivity index (χ0v) is 13.1. The van der Waals surface area contributed by atoms with Gasteiger partial charge in [-0.25, -0.2) is 8.42 Å². The minimum atomic E-state index is -2.88. The van der Waals surface area contributed by atoms with Crippen molar-refractivity contribution in [3.05, 3.63) is 35.4 Å². The van der Waals surface area contributed by atoms with Crippen molar-refractivity contribution in [2.45, 2.75) is 33.2 Å². The minimum Gasteiger partial charge on any atom is -0.309 e. The molecule has 0 saturated carbocycles. The standard InChI is InChI=1S/C15H25NO2S/c1-12(2)11-14-5-7-15(8-6-14)13(3)16-9-10-19(4,17)18/h5-8,12-13,16H,9-11H2,1-4H3. The molecule has 3 nitrogen and oxygen atoms in total. The van der Waals surface area contributed by atoms with Crippen LogP contribution in [0.2, 0.25) is 0 Å². The highest BCUT2D eigenvalue weighted by Crippen LogP contribution is 2.15. The summed E-state index contributed by atoms with van der Waals surface area (Å²) in [6.45, 7) is 6.97. The summed E-state index contributed by atoms with van der Waals surface area (Å²) in [5, 5.41) is 3.24. The topological polar surface area (TPSA) is 46.2 Å². The van der Waals surface area contributed by atoms with E-state index in [0.717, 1.165) is 6.42 Å². The van der Waals surface area contributed by atoms with Gasteiger partial charge in [0.1, 0.15) is 9.84 Å². The molecular weight excluding hydrogens is 258 g/mol. The molecule has 0 aliphatic carbocycles. The molecule has 19 heavy (non-hydrogen) atoms. The largest absolute Gasteiger partial charge is 0.309 e. The van der Waals surface area contributed by atoms with Gasteiger partial charge in [-0.15, -0.1) is 0 Å². The normalized spacial score (nSPS) is 13.7. The van der Waals surface area contributed by atoms with E-state index in [1.165, 1.54) is 17.4 Å². The van der Waals surface area contributed by atoms with Crippen LogP contribution in [-0.4, -0.2) is 27.0 Å². The summed E-state index contributed by atoms with van der Waals surface area (Å²) in [5.74, 6) is 0.846. The molecule has 1 N–H and O–H groups in total. The fourth-order valence-corrected chi connectivity index (χ4v) is 2.48. The van der Waals surface area contributed by atoms with Gasteiger partial charge >= 0.3 is 0 Å². The Morgan fingerprint density at radius 2 is 1.68 bits per heavy atom. The third kappa shape index (κ3) is 6.73. The van der Waals surface area contributed by atoms with Crippen molar-refractivity contribution in [1.29, 1.82) is 0 Å². The van der Waals surface area contributed by atoms with Crippen LogP contribution < -0.4 is 5.32 Å². The summed E-state index contributed by atoms with van der Waals surface area (Å²) in [4.78, 5) is 0. The van der Waals surface area contributed by atoms with Gasteiger partial charge in [-0.3, -0.25) is 0 Å². The highest BCUT2D eigenvalue weighted by Gasteiger charge is 2.07. The first-order valence-corrected chi connectivity index (χ1v) is 8.84. The second-order valence-corrected chi connectivity index (χ2v) is 7.90. The van der Waals surface area contributed by atoms with Crippen LogP contribution in [0.3, 0.4) is 0 Å². The van der Waals surface area contributed by atoms with Crippen molar-refractivity contribution in [1.82, 2.24) is 5.32 Å². The van der Waals surface area contributed by atoms with Crippen molar-refractivity contribution >= 4 is 9.84 Å². The summed E-state index contributed by atoms with van der Waals surface area (Å²) in [5.41, 5.74) is 2.54. The molecule has 1 aromatic rings. The molecule has 1 unspecified atom stereocenters. The van der Waals surface area contributed by atoms with Gasteiger partial charge in [0, 0.05) is 18.8 Å². The summed E-state index contributed by atoms with van der Waals surface area (Å²) in [6, 6.07) is 8.73. The third-order valence-electron chi connectivity index (χ3n) is 3.05. The van der Waals surface area contributed by atoms with Gasteiger partial charge in [0.15, 0.2) is 0 Å². The van der Waals surface area contributed by atoms with Crippen LogP contribution in [0.4, 0.5) is 0 Å². The lowest BCUT2D eigenvalue weighted by molar-refractivity contribution is 0.575. The third-order valence-corrected chi connectivity index (χ3v) is 3.99. The highest BCUT2D eigenvalue weighted by molar-refractivity contribution is 7.90. The number of rotatable bonds is 7. The molecule has 0 radical (unpaired) electrons. The average Bonchev–Trinajstić information content (AvgIpc) is 2.27. The molecule has 108 valence electrons. The lowest BCUT2D eigenvalue weighted by Crippen LogP contribution is -2.25. The molecule has 0 aliphatic rings. The molecule has 0 heterocycles. The number of nitrogens with one attached hydrogen (secondary N) is 1. The van der Waals surface area contributed by atoms with Crippen molar-refractivity contribution in [3.8, 4) is 0 Å². The summed E-state index contributed by atoms with van der Waals surface area (Å²) in [6.07, 6.45) is 2.36. The average molecular weight is 283 g/mol. The molecule has 1 rings (SSSR count). The van der Waals surface area contributed by atoms with E-state index in [2.05, 4.69) is 50.4 Å². The van der Waals surface area contributed by atoms with E-state index in [4.69, 9.17) is 0 Å². The van der Waals surface area contributed by atoms with Crippen molar-refractivity contribution in [2.24, 2.45) is 5.92 Å². The summed E-state index contributed by atoms with van der Waals surface area (Å²) >= 11 is 0. The number of benzene rings is 1. The fourth-order valence-electron chi connectivity index (χ4n) is 1.99. The van der Waals surface area contributed by atoms with Crippen LogP contribution >= 0.6 is 0 Å². The molecule has 0 bridgehead atoms. The zero-order valence-electron chi connectivity index (χ0n) is 12.3. The molecule has 0 aromatic heterocycles. The predicted molar refractivity (Wildman–Crippen MR) is 81.1 cm³/mol. The summed E-state index contributed by atoms with van der Waals surface area (Å²) < 4.78 is 22.1. The van der Waals surface area contributed by atoms with Gasteiger partial charge in [0.2, 0.25) is 0 Å². The van der Waals surface area contributed by atoms with Crippen LogP contribution in [0.15, 0.2) is 24.3 Å². The van der Waals surface area contributed by atoms with Gasteiger partial charge in [0.25, 0.3) is 0 Å². The van der Waals surface area contributed by atoms with E-state index in [0.29, 0.717) is 12.5 Å². The monoisotopic (exact) mass is 283 g/mol. The maximum absolute atomic E-state index is 11.1. The lowest BCUT2D eigenvalue weighted by Gasteiger charge is -2.14. The first-order chi connectivity index (χ1) is 8.78. The Kier molecular flexibility index (Phi) is 6.01. The fraction of sp³-hybridized carbons (Fsp3) is 0.600. The Morgan fingerprint density at radius 3 is 2.16 bits per heavy atom. The van der Waals surface area contributed by atoms with Crippen molar-refractivity contribution in [3.63, 3.8) is 0 Å². The van der Waals surface area contributed by atoms with Gasteiger partial charge in [-0.2, -0.15) is 0 Å². The Hall–Kier alpha value is -0.870. The quantitative estimate of drug-likeness (QED) is 0.836. The zero-order chi connectivity index (χ0) is 14.5. The molecule has 0 amide bonds. The number of sulfone groups is 1. The first kappa shape index (κ1) is 16.2. The molecule has 0 saturated heterocycles. The molecule has 0 aliphatic heterocycles. The molecule has 0 fully saturated rings. The minimum absolute atomic E-state index is 0.176. The first-order valence-electron chi connectivity index (χ1n) is 6.78. The maximum Gasteiger partial charge on any atom is 0.148 e. The Bertz CT molecular complexity index is 477. The van der Waals surface area contributed by atoms with Gasteiger partial charge in [-0.1, -0.05) is 38.1 Å². The molecule has 4 heteroatoms. The van der Waals surface area contributed by atoms with Crippen LogP contribution in [0.1, 0.15) is 37.9 Å². The van der Waals surface area contributed by atoms with E-state index in [9.17, 15) is 8.42 Å². The maximum atomic E-state index is 11.1. The predicted octanol–water partition coefficient (Wildman–Crippen LogP) is 2.58. The molecular formula is C15H25NO2S. The van der Waals surface area contributed by atoms with E-state index in [1.807, 2.05) is 0 Å². The lowest BCUT2D eigenvalue weighted by atomic mass is 10.00. The summed E-state index contributed by atoms with van der Waals surface area (Å²) in [7, 11) is -2.88. The van der Waals surface area contributed by atoms with Crippen LogP contribution in [0.25, 0.3) is 0 Å². The number of hydrogen-bond donors (Lipinski definition) is 1. The van der Waals surface area contributed by atoms with E-state index < -0.39 is 9.84 Å². The second-order valence-electron chi connectivity index (χ2n) is 5.65. The Morgan fingerprint density at radius 1 is 1.11 bits per heavy atom. The Balaban J connectivity index is 2.51. The SMILES string of the molecule is CC(C)Cc1ccc(C(C)NCCS(C)(=O)=O)cc1. The van der Waals surface area contributed by atoms with Crippen molar-refractivity contribution in [2.75, 3.05) is 18.6 Å². The number of hydrogen-bond acceptors (Lipinski definition) is 3. The molecule has 1 atom stereocenters. The smallest absolute Gasteiger partial charge is 0.148 e.